The van der Waals surface area contributed by atoms with Crippen molar-refractivity contribution in [2.75, 3.05) is 11.5 Å². The highest BCUT2D eigenvalue weighted by Crippen LogP contribution is 2.33. The monoisotopic (exact) mass is 312 g/mol. The van der Waals surface area contributed by atoms with Gasteiger partial charge in [-0.2, -0.15) is 8.42 Å². The fourth-order valence-electron chi connectivity index (χ4n) is 1.83. The molecule has 0 saturated carbocycles. The van der Waals surface area contributed by atoms with Crippen molar-refractivity contribution < 1.29 is 22.6 Å². The quantitative estimate of drug-likeness (QED) is 0.507. The van der Waals surface area contributed by atoms with Crippen molar-refractivity contribution in [2.24, 2.45) is 0 Å². The molecule has 0 heterocycles. The standard InChI is InChI=1S/C13H12O5S2/c14-11-8-12(19-6-3-7-20(16,17)18)9-4-1-2-5-10(9)13(11)15/h1-2,4-5,8H,3,6-7H2,(H,16,17,18). The van der Waals surface area contributed by atoms with E-state index in [-0.39, 0.29) is 12.2 Å². The molecule has 1 N–H and O–H groups in total. The zero-order chi connectivity index (χ0) is 14.8. The van der Waals surface area contributed by atoms with Crippen LogP contribution in [-0.4, -0.2) is 36.0 Å². The lowest BCUT2D eigenvalue weighted by molar-refractivity contribution is -0.110. The van der Waals surface area contributed by atoms with Crippen LogP contribution in [-0.2, 0) is 14.9 Å². The SMILES string of the molecule is O=C1C=C(SCCCS(=O)(=O)O)c2ccccc2C1=O. The van der Waals surface area contributed by atoms with Gasteiger partial charge in [0, 0.05) is 16.5 Å². The Hall–Kier alpha value is -1.44. The van der Waals surface area contributed by atoms with Crippen LogP contribution in [0, 0.1) is 0 Å². The van der Waals surface area contributed by atoms with E-state index in [1.54, 1.807) is 24.3 Å². The summed E-state index contributed by atoms with van der Waals surface area (Å²) in [7, 11) is -3.96. The summed E-state index contributed by atoms with van der Waals surface area (Å²) in [5, 5.41) is 0. The summed E-state index contributed by atoms with van der Waals surface area (Å²) < 4.78 is 29.9. The van der Waals surface area contributed by atoms with E-state index in [0.29, 0.717) is 21.8 Å². The molecule has 20 heavy (non-hydrogen) atoms. The molecule has 7 heteroatoms. The number of Topliss-reactive ketones (excluding diaryl/α,β-unsaturated/α-hetero) is 1. The van der Waals surface area contributed by atoms with Gasteiger partial charge >= 0.3 is 0 Å². The average molecular weight is 312 g/mol. The van der Waals surface area contributed by atoms with Crippen LogP contribution in [0.1, 0.15) is 22.3 Å². The van der Waals surface area contributed by atoms with E-state index in [4.69, 9.17) is 4.55 Å². The molecule has 0 aromatic heterocycles. The minimum atomic E-state index is -3.96. The number of carbonyl (C=O) groups excluding carboxylic acids is 2. The fraction of sp³-hybridized carbons (Fsp3) is 0.231. The van der Waals surface area contributed by atoms with E-state index < -0.39 is 21.7 Å². The minimum Gasteiger partial charge on any atom is -0.286 e. The highest BCUT2D eigenvalue weighted by Gasteiger charge is 2.25. The first-order valence-corrected chi connectivity index (χ1v) is 8.46. The highest BCUT2D eigenvalue weighted by molar-refractivity contribution is 8.08. The largest absolute Gasteiger partial charge is 0.286 e. The molecule has 0 fully saturated rings. The Morgan fingerprint density at radius 2 is 1.75 bits per heavy atom. The molecule has 0 amide bonds. The maximum absolute atomic E-state index is 11.7. The van der Waals surface area contributed by atoms with Gasteiger partial charge in [-0.05, 0) is 17.7 Å². The molecule has 1 aromatic carbocycles. The first-order chi connectivity index (χ1) is 9.38. The minimum absolute atomic E-state index is 0.269. The lowest BCUT2D eigenvalue weighted by Crippen LogP contribution is -2.18. The summed E-state index contributed by atoms with van der Waals surface area (Å²) >= 11 is 1.30. The summed E-state index contributed by atoms with van der Waals surface area (Å²) in [5.74, 6) is -0.979. The summed E-state index contributed by atoms with van der Waals surface area (Å²) in [6.07, 6.45) is 1.55. The Kier molecular flexibility index (Phi) is 4.42. The zero-order valence-corrected chi connectivity index (χ0v) is 12.0. The number of rotatable bonds is 5. The Morgan fingerprint density at radius 1 is 1.10 bits per heavy atom. The van der Waals surface area contributed by atoms with Crippen LogP contribution in [0.3, 0.4) is 0 Å². The zero-order valence-electron chi connectivity index (χ0n) is 10.4. The van der Waals surface area contributed by atoms with Gasteiger partial charge in [0.1, 0.15) is 0 Å². The van der Waals surface area contributed by atoms with Gasteiger partial charge in [-0.3, -0.25) is 14.1 Å². The third kappa shape index (κ3) is 3.56. The van der Waals surface area contributed by atoms with Crippen molar-refractivity contribution >= 4 is 38.4 Å². The first kappa shape index (κ1) is 15.0. The van der Waals surface area contributed by atoms with Crippen LogP contribution >= 0.6 is 11.8 Å². The fourth-order valence-corrected chi connectivity index (χ4v) is 3.56. The number of hydrogen-bond donors (Lipinski definition) is 1. The van der Waals surface area contributed by atoms with E-state index >= 15 is 0 Å². The van der Waals surface area contributed by atoms with Crippen molar-refractivity contribution in [1.82, 2.24) is 0 Å². The van der Waals surface area contributed by atoms with E-state index in [1.807, 2.05) is 0 Å². The first-order valence-electron chi connectivity index (χ1n) is 5.86. The smallest absolute Gasteiger partial charge is 0.264 e. The Balaban J connectivity index is 2.10. The molecule has 0 atom stereocenters. The number of carbonyl (C=O) groups is 2. The maximum atomic E-state index is 11.7. The van der Waals surface area contributed by atoms with Crippen LogP contribution in [0.5, 0.6) is 0 Å². The van der Waals surface area contributed by atoms with Crippen molar-refractivity contribution in [2.45, 2.75) is 6.42 Å². The molecule has 0 bridgehead atoms. The van der Waals surface area contributed by atoms with Gasteiger partial charge in [0.25, 0.3) is 10.1 Å². The molecule has 0 spiro atoms. The third-order valence-corrected chi connectivity index (χ3v) is 4.67. The van der Waals surface area contributed by atoms with Crippen molar-refractivity contribution in [3.8, 4) is 0 Å². The van der Waals surface area contributed by atoms with Gasteiger partial charge in [-0.1, -0.05) is 24.3 Å². The number of fused-ring (bicyclic) bond motifs is 1. The van der Waals surface area contributed by atoms with E-state index in [0.717, 1.165) is 0 Å². The van der Waals surface area contributed by atoms with Gasteiger partial charge in [0.2, 0.25) is 11.6 Å². The molecule has 0 radical (unpaired) electrons. The number of allylic oxidation sites excluding steroid dienone is 1. The maximum Gasteiger partial charge on any atom is 0.264 e. The van der Waals surface area contributed by atoms with Crippen LogP contribution in [0.2, 0.25) is 0 Å². The van der Waals surface area contributed by atoms with E-state index in [2.05, 4.69) is 0 Å². The Bertz CT molecular complexity index is 688. The van der Waals surface area contributed by atoms with Crippen LogP contribution in [0.25, 0.3) is 4.91 Å². The normalized spacial score (nSPS) is 14.9. The van der Waals surface area contributed by atoms with Gasteiger partial charge in [-0.25, -0.2) is 0 Å². The van der Waals surface area contributed by atoms with Crippen molar-refractivity contribution in [3.63, 3.8) is 0 Å². The molecule has 106 valence electrons. The molecule has 2 rings (SSSR count). The molecule has 5 nitrogen and oxygen atoms in total. The predicted octanol–water partition coefficient (Wildman–Crippen LogP) is 1.80. The van der Waals surface area contributed by atoms with Gasteiger partial charge < -0.3 is 0 Å². The lowest BCUT2D eigenvalue weighted by atomic mass is 9.95. The van der Waals surface area contributed by atoms with Gasteiger partial charge in [0.15, 0.2) is 0 Å². The summed E-state index contributed by atoms with van der Waals surface area (Å²) in [5.41, 5.74) is 1.06. The van der Waals surface area contributed by atoms with Gasteiger partial charge in [-0.15, -0.1) is 11.8 Å². The summed E-state index contributed by atoms with van der Waals surface area (Å²) in [6.45, 7) is 0. The number of ketones is 2. The molecule has 1 aliphatic carbocycles. The van der Waals surface area contributed by atoms with Crippen LogP contribution in [0.4, 0.5) is 0 Å². The lowest BCUT2D eigenvalue weighted by Gasteiger charge is -2.15. The number of benzene rings is 1. The molecule has 0 aliphatic heterocycles. The second-order valence-corrected chi connectivity index (χ2v) is 6.94. The van der Waals surface area contributed by atoms with Crippen molar-refractivity contribution in [1.29, 1.82) is 0 Å². The molecular weight excluding hydrogens is 300 g/mol. The second-order valence-electron chi connectivity index (χ2n) is 4.24. The predicted molar refractivity (Wildman–Crippen MR) is 77.2 cm³/mol. The van der Waals surface area contributed by atoms with Crippen molar-refractivity contribution in [3.05, 3.63) is 41.5 Å². The average Bonchev–Trinajstić information content (AvgIpc) is 2.39. The summed E-state index contributed by atoms with van der Waals surface area (Å²) in [4.78, 5) is 23.9. The Morgan fingerprint density at radius 3 is 2.40 bits per heavy atom. The molecular formula is C13H12O5S2. The molecule has 1 aromatic rings. The van der Waals surface area contributed by atoms with Gasteiger partial charge in [0.05, 0.1) is 5.75 Å². The molecule has 1 aliphatic rings. The van der Waals surface area contributed by atoms with E-state index in [9.17, 15) is 18.0 Å². The molecule has 0 saturated heterocycles. The van der Waals surface area contributed by atoms with Crippen LogP contribution < -0.4 is 0 Å². The number of thioether (sulfide) groups is 1. The van der Waals surface area contributed by atoms with E-state index in [1.165, 1.54) is 17.8 Å². The Labute approximate surface area is 120 Å². The second kappa shape index (κ2) is 5.90. The highest BCUT2D eigenvalue weighted by atomic mass is 32.2. The topological polar surface area (TPSA) is 88.5 Å². The molecule has 0 unspecified atom stereocenters. The van der Waals surface area contributed by atoms with Crippen LogP contribution in [0.15, 0.2) is 30.3 Å². The third-order valence-electron chi connectivity index (χ3n) is 2.73. The summed E-state index contributed by atoms with van der Waals surface area (Å²) in [6, 6.07) is 6.81. The number of hydrogen-bond acceptors (Lipinski definition) is 5.